The number of hydrogen-bond donors (Lipinski definition) is 1. The molecule has 1 unspecified atom stereocenters. The van der Waals surface area contributed by atoms with Gasteiger partial charge in [-0.05, 0) is 30.7 Å². The highest BCUT2D eigenvalue weighted by Crippen LogP contribution is 2.30. The van der Waals surface area contributed by atoms with Crippen molar-refractivity contribution in [3.8, 4) is 0 Å². The maximum atomic E-state index is 12.6. The summed E-state index contributed by atoms with van der Waals surface area (Å²) in [6.07, 6.45) is -2.53. The second kappa shape index (κ2) is 6.75. The number of benzene rings is 1. The summed E-state index contributed by atoms with van der Waals surface area (Å²) in [4.78, 5) is 9.99. The molecule has 0 aliphatic carbocycles. The molecule has 1 N–H and O–H groups in total. The van der Waals surface area contributed by atoms with Crippen LogP contribution < -0.4 is 10.2 Å². The Kier molecular flexibility index (Phi) is 4.78. The first-order chi connectivity index (χ1) is 12.1. The van der Waals surface area contributed by atoms with Crippen LogP contribution >= 0.6 is 0 Å². The molecule has 1 aromatic carbocycles. The lowest BCUT2D eigenvalue weighted by Gasteiger charge is -2.24. The van der Waals surface area contributed by atoms with Crippen LogP contribution in [0.3, 0.4) is 0 Å². The van der Waals surface area contributed by atoms with E-state index in [9.17, 15) is 21.6 Å². The van der Waals surface area contributed by atoms with Gasteiger partial charge in [0.2, 0.25) is 0 Å². The maximum Gasteiger partial charge on any atom is 0.416 e. The molecule has 140 valence electrons. The average molecular weight is 386 g/mol. The second-order valence-electron chi connectivity index (χ2n) is 6.13. The minimum absolute atomic E-state index is 0.0785. The summed E-state index contributed by atoms with van der Waals surface area (Å²) in [5.41, 5.74) is -0.276. The zero-order valence-electron chi connectivity index (χ0n) is 13.9. The Bertz CT molecular complexity index is 885. The number of aromatic nitrogens is 2. The van der Waals surface area contributed by atoms with Crippen LogP contribution in [0.4, 0.5) is 30.5 Å². The normalized spacial score (nSPS) is 19.3. The number of alkyl halides is 3. The van der Waals surface area contributed by atoms with Crippen molar-refractivity contribution in [2.75, 3.05) is 28.8 Å². The van der Waals surface area contributed by atoms with E-state index in [0.29, 0.717) is 23.7 Å². The van der Waals surface area contributed by atoms with Crippen LogP contribution in [0.2, 0.25) is 0 Å². The minimum atomic E-state index is -4.38. The van der Waals surface area contributed by atoms with Crippen molar-refractivity contribution >= 4 is 27.2 Å². The minimum Gasteiger partial charge on any atom is -0.355 e. The topological polar surface area (TPSA) is 75.2 Å². The van der Waals surface area contributed by atoms with Gasteiger partial charge in [0.1, 0.15) is 18.0 Å². The number of nitrogens with one attached hydrogen (secondary N) is 1. The van der Waals surface area contributed by atoms with E-state index >= 15 is 0 Å². The molecule has 2 aromatic rings. The van der Waals surface area contributed by atoms with Gasteiger partial charge in [-0.1, -0.05) is 0 Å². The molecule has 0 spiro atoms. The third-order valence-electron chi connectivity index (χ3n) is 4.25. The molecule has 1 saturated heterocycles. The second-order valence-corrected chi connectivity index (χ2v) is 8.36. The molecule has 3 rings (SSSR count). The van der Waals surface area contributed by atoms with Gasteiger partial charge in [-0.25, -0.2) is 18.4 Å². The zero-order chi connectivity index (χ0) is 18.9. The summed E-state index contributed by atoms with van der Waals surface area (Å²) in [6, 6.07) is 6.08. The maximum absolute atomic E-state index is 12.6. The largest absolute Gasteiger partial charge is 0.416 e. The number of halogens is 3. The Morgan fingerprint density at radius 2 is 1.88 bits per heavy atom. The highest BCUT2D eigenvalue weighted by Gasteiger charge is 2.31. The molecule has 1 fully saturated rings. The fourth-order valence-electron chi connectivity index (χ4n) is 2.77. The lowest BCUT2D eigenvalue weighted by molar-refractivity contribution is -0.137. The predicted molar refractivity (Wildman–Crippen MR) is 92.2 cm³/mol. The first kappa shape index (κ1) is 18.4. The van der Waals surface area contributed by atoms with Gasteiger partial charge in [0.25, 0.3) is 0 Å². The first-order valence-electron chi connectivity index (χ1n) is 7.84. The van der Waals surface area contributed by atoms with E-state index in [1.165, 1.54) is 18.5 Å². The predicted octanol–water partition coefficient (Wildman–Crippen LogP) is 2.86. The van der Waals surface area contributed by atoms with Crippen LogP contribution in [-0.2, 0) is 16.0 Å². The molecule has 1 aromatic heterocycles. The van der Waals surface area contributed by atoms with E-state index in [1.807, 2.05) is 0 Å². The lowest BCUT2D eigenvalue weighted by atomic mass is 10.2. The fourth-order valence-corrected chi connectivity index (χ4v) is 4.54. The molecule has 0 amide bonds. The van der Waals surface area contributed by atoms with Crippen molar-refractivity contribution < 1.29 is 21.6 Å². The summed E-state index contributed by atoms with van der Waals surface area (Å²) < 4.78 is 61.1. The molecule has 0 bridgehead atoms. The van der Waals surface area contributed by atoms with Crippen molar-refractivity contribution in [1.82, 2.24) is 9.97 Å². The molecule has 0 saturated carbocycles. The molecular formula is C16H17F3N4O2S. The Morgan fingerprint density at radius 3 is 2.46 bits per heavy atom. The highest BCUT2D eigenvalue weighted by atomic mass is 32.2. The quantitative estimate of drug-likeness (QED) is 0.871. The molecule has 6 nitrogen and oxygen atoms in total. The van der Waals surface area contributed by atoms with Crippen LogP contribution in [-0.4, -0.2) is 43.0 Å². The monoisotopic (exact) mass is 386 g/mol. The summed E-state index contributed by atoms with van der Waals surface area (Å²) in [5, 5.41) is 2.92. The molecule has 1 aliphatic rings. The van der Waals surface area contributed by atoms with Crippen LogP contribution in [0, 0.1) is 0 Å². The van der Waals surface area contributed by atoms with Gasteiger partial charge in [0, 0.05) is 24.8 Å². The molecule has 1 atom stereocenters. The van der Waals surface area contributed by atoms with Gasteiger partial charge in [0.05, 0.1) is 17.1 Å². The summed E-state index contributed by atoms with van der Waals surface area (Å²) in [5.74, 6) is 1.18. The van der Waals surface area contributed by atoms with E-state index in [0.717, 1.165) is 12.1 Å². The van der Waals surface area contributed by atoms with Crippen molar-refractivity contribution in [3.63, 3.8) is 0 Å². The van der Waals surface area contributed by atoms with E-state index in [1.54, 1.807) is 18.0 Å². The molecular weight excluding hydrogens is 369 g/mol. The lowest BCUT2D eigenvalue weighted by Crippen LogP contribution is -2.33. The van der Waals surface area contributed by atoms with E-state index in [2.05, 4.69) is 15.3 Å². The van der Waals surface area contributed by atoms with E-state index in [4.69, 9.17) is 0 Å². The van der Waals surface area contributed by atoms with Crippen molar-refractivity contribution in [2.45, 2.75) is 18.6 Å². The Balaban J connectivity index is 1.73. The summed E-state index contributed by atoms with van der Waals surface area (Å²) in [6.45, 7) is 0. The molecule has 0 radical (unpaired) electrons. The van der Waals surface area contributed by atoms with Gasteiger partial charge < -0.3 is 10.2 Å². The van der Waals surface area contributed by atoms with Crippen LogP contribution in [0.15, 0.2) is 36.7 Å². The van der Waals surface area contributed by atoms with Gasteiger partial charge in [-0.2, -0.15) is 13.2 Å². The number of nitrogens with zero attached hydrogens (tertiary/aromatic N) is 3. The molecule has 1 aliphatic heterocycles. The number of sulfone groups is 1. The van der Waals surface area contributed by atoms with Crippen molar-refractivity contribution in [2.24, 2.45) is 0 Å². The summed E-state index contributed by atoms with van der Waals surface area (Å²) in [7, 11) is -1.26. The Hall–Kier alpha value is -2.36. The smallest absolute Gasteiger partial charge is 0.355 e. The van der Waals surface area contributed by atoms with E-state index < -0.39 is 21.6 Å². The van der Waals surface area contributed by atoms with Gasteiger partial charge in [0.15, 0.2) is 9.84 Å². The van der Waals surface area contributed by atoms with E-state index in [-0.39, 0.29) is 17.5 Å². The van der Waals surface area contributed by atoms with Crippen molar-refractivity contribution in [1.29, 1.82) is 0 Å². The number of hydrogen-bond acceptors (Lipinski definition) is 6. The first-order valence-corrected chi connectivity index (χ1v) is 9.66. The Labute approximate surface area is 149 Å². The van der Waals surface area contributed by atoms with Crippen LogP contribution in [0.1, 0.15) is 12.0 Å². The average Bonchev–Trinajstić information content (AvgIpc) is 2.94. The van der Waals surface area contributed by atoms with Crippen LogP contribution in [0.5, 0.6) is 0 Å². The molecule has 26 heavy (non-hydrogen) atoms. The van der Waals surface area contributed by atoms with Gasteiger partial charge >= 0.3 is 6.18 Å². The summed E-state index contributed by atoms with van der Waals surface area (Å²) >= 11 is 0. The molecule has 10 heteroatoms. The molecule has 2 heterocycles. The van der Waals surface area contributed by atoms with Gasteiger partial charge in [-0.3, -0.25) is 0 Å². The number of anilines is 3. The zero-order valence-corrected chi connectivity index (χ0v) is 14.7. The number of rotatable bonds is 4. The van der Waals surface area contributed by atoms with Crippen LogP contribution in [0.25, 0.3) is 0 Å². The van der Waals surface area contributed by atoms with Crippen molar-refractivity contribution in [3.05, 3.63) is 42.2 Å². The third kappa shape index (κ3) is 4.24. The highest BCUT2D eigenvalue weighted by molar-refractivity contribution is 7.91. The van der Waals surface area contributed by atoms with Gasteiger partial charge in [-0.15, -0.1) is 0 Å². The Morgan fingerprint density at radius 1 is 1.19 bits per heavy atom. The standard InChI is InChI=1S/C16H17F3N4O2S/c1-23(13-6-7-26(24,25)9-13)15-8-14(20-10-21-15)22-12-4-2-11(3-5-12)16(17,18)19/h2-5,8,10,13H,6-7,9H2,1H3,(H,20,21,22). The SMILES string of the molecule is CN(c1cc(Nc2ccc(C(F)(F)F)cc2)ncn1)C1CCS(=O)(=O)C1. The fraction of sp³-hybridized carbons (Fsp3) is 0.375. The third-order valence-corrected chi connectivity index (χ3v) is 6.01.